The van der Waals surface area contributed by atoms with Gasteiger partial charge in [0, 0.05) is 5.56 Å². The van der Waals surface area contributed by atoms with Crippen LogP contribution in [-0.4, -0.2) is 19.8 Å². The molecule has 1 fully saturated rings. The summed E-state index contributed by atoms with van der Waals surface area (Å²) in [5.41, 5.74) is 1.15. The van der Waals surface area contributed by atoms with Crippen molar-refractivity contribution in [3.8, 4) is 16.9 Å². The fourth-order valence-corrected chi connectivity index (χ4v) is 4.57. The molecule has 1 aliphatic rings. The van der Waals surface area contributed by atoms with Crippen LogP contribution in [-0.2, 0) is 9.47 Å². The highest BCUT2D eigenvalue weighted by Gasteiger charge is 2.27. The molecule has 0 N–H and O–H groups in total. The van der Waals surface area contributed by atoms with Crippen molar-refractivity contribution < 1.29 is 31.8 Å². The van der Waals surface area contributed by atoms with E-state index in [1.807, 2.05) is 0 Å². The second kappa shape index (κ2) is 14.1. The van der Waals surface area contributed by atoms with E-state index in [4.69, 9.17) is 14.2 Å². The first-order valence-electron chi connectivity index (χ1n) is 13.2. The molecule has 0 unspecified atom stereocenters. The van der Waals surface area contributed by atoms with E-state index in [2.05, 4.69) is 20.1 Å². The van der Waals surface area contributed by atoms with E-state index in [1.165, 1.54) is 0 Å². The molecule has 3 rings (SSSR count). The number of halogens is 4. The standard InChI is InChI=1S/C31H36F4O3/c1-5-7-18-37-25-14-12-24(13-15-25)27-17-16-26(30(34)31(27)35)23-10-8-22(9-11-23)19-38-21(4)29(33)28(32)20(3)36-6-2/h12-17,22-23H,3-11,18-19H2,1-2H3/b29-28-. The number of rotatable bonds is 13. The highest BCUT2D eigenvalue weighted by Crippen LogP contribution is 2.39. The number of hydrogen-bond acceptors (Lipinski definition) is 3. The van der Waals surface area contributed by atoms with Gasteiger partial charge in [0.1, 0.15) is 5.75 Å². The van der Waals surface area contributed by atoms with Crippen molar-refractivity contribution in [1.29, 1.82) is 0 Å². The highest BCUT2D eigenvalue weighted by molar-refractivity contribution is 5.65. The first-order valence-corrected chi connectivity index (χ1v) is 13.2. The number of benzene rings is 2. The topological polar surface area (TPSA) is 27.7 Å². The van der Waals surface area contributed by atoms with Gasteiger partial charge in [-0.1, -0.05) is 50.8 Å². The molecule has 0 spiro atoms. The van der Waals surface area contributed by atoms with Crippen molar-refractivity contribution in [2.45, 2.75) is 58.3 Å². The Morgan fingerprint density at radius 2 is 1.47 bits per heavy atom. The lowest BCUT2D eigenvalue weighted by Gasteiger charge is -2.29. The molecule has 0 radical (unpaired) electrons. The summed E-state index contributed by atoms with van der Waals surface area (Å²) in [7, 11) is 0. The molecule has 206 valence electrons. The molecule has 0 saturated heterocycles. The molecule has 0 aliphatic heterocycles. The summed E-state index contributed by atoms with van der Waals surface area (Å²) in [6, 6.07) is 10.3. The third-order valence-electron chi connectivity index (χ3n) is 6.82. The maximum Gasteiger partial charge on any atom is 0.203 e. The third kappa shape index (κ3) is 7.42. The second-order valence-corrected chi connectivity index (χ2v) is 9.49. The van der Waals surface area contributed by atoms with Gasteiger partial charge in [-0.05, 0) is 74.1 Å². The molecule has 38 heavy (non-hydrogen) atoms. The summed E-state index contributed by atoms with van der Waals surface area (Å²) >= 11 is 0. The fraction of sp³-hybridized carbons (Fsp3) is 0.419. The minimum atomic E-state index is -1.24. The largest absolute Gasteiger partial charge is 0.494 e. The van der Waals surface area contributed by atoms with E-state index in [1.54, 1.807) is 43.3 Å². The van der Waals surface area contributed by atoms with Gasteiger partial charge in [0.25, 0.3) is 0 Å². The van der Waals surface area contributed by atoms with Gasteiger partial charge in [0.05, 0.1) is 19.8 Å². The predicted molar refractivity (Wildman–Crippen MR) is 142 cm³/mol. The molecular weight excluding hydrogens is 496 g/mol. The maximum atomic E-state index is 15.1. The molecule has 0 aromatic heterocycles. The van der Waals surface area contributed by atoms with E-state index < -0.39 is 34.8 Å². The van der Waals surface area contributed by atoms with Crippen LogP contribution in [0, 0.1) is 17.6 Å². The minimum Gasteiger partial charge on any atom is -0.494 e. The Morgan fingerprint density at radius 3 is 2.08 bits per heavy atom. The van der Waals surface area contributed by atoms with Crippen LogP contribution in [0.15, 0.2) is 72.7 Å². The number of hydrogen-bond donors (Lipinski definition) is 0. The van der Waals surface area contributed by atoms with Crippen molar-refractivity contribution in [2.75, 3.05) is 19.8 Å². The van der Waals surface area contributed by atoms with Gasteiger partial charge < -0.3 is 14.2 Å². The minimum absolute atomic E-state index is 0.0687. The summed E-state index contributed by atoms with van der Waals surface area (Å²) < 4.78 is 74.2. The van der Waals surface area contributed by atoms with E-state index >= 15 is 8.78 Å². The zero-order valence-electron chi connectivity index (χ0n) is 22.1. The zero-order valence-corrected chi connectivity index (χ0v) is 22.1. The lowest BCUT2D eigenvalue weighted by Crippen LogP contribution is -2.19. The van der Waals surface area contributed by atoms with Crippen molar-refractivity contribution in [3.63, 3.8) is 0 Å². The Bertz CT molecular complexity index is 1130. The Balaban J connectivity index is 1.57. The summed E-state index contributed by atoms with van der Waals surface area (Å²) in [5.74, 6) is -4.36. The van der Waals surface area contributed by atoms with Crippen molar-refractivity contribution in [3.05, 3.63) is 89.9 Å². The van der Waals surface area contributed by atoms with E-state index in [0.29, 0.717) is 49.2 Å². The summed E-state index contributed by atoms with van der Waals surface area (Å²) in [5, 5.41) is 0. The van der Waals surface area contributed by atoms with E-state index in [9.17, 15) is 8.78 Å². The van der Waals surface area contributed by atoms with E-state index in [-0.39, 0.29) is 30.6 Å². The number of allylic oxidation sites excluding steroid dienone is 2. The maximum absolute atomic E-state index is 15.1. The lowest BCUT2D eigenvalue weighted by molar-refractivity contribution is 0.134. The molecule has 1 saturated carbocycles. The quantitative estimate of drug-likeness (QED) is 0.111. The van der Waals surface area contributed by atoms with E-state index in [0.717, 1.165) is 12.8 Å². The number of unbranched alkanes of at least 4 members (excludes halogenated alkanes) is 1. The van der Waals surface area contributed by atoms with Gasteiger partial charge in [-0.25, -0.2) is 8.78 Å². The molecule has 1 aliphatic carbocycles. The summed E-state index contributed by atoms with van der Waals surface area (Å²) in [6.07, 6.45) is 4.61. The molecule has 0 amide bonds. The Kier molecular flexibility index (Phi) is 10.9. The third-order valence-corrected chi connectivity index (χ3v) is 6.82. The van der Waals surface area contributed by atoms with Crippen molar-refractivity contribution in [1.82, 2.24) is 0 Å². The van der Waals surface area contributed by atoms with Crippen LogP contribution < -0.4 is 4.74 Å². The fourth-order valence-electron chi connectivity index (χ4n) is 4.57. The average molecular weight is 533 g/mol. The Morgan fingerprint density at radius 1 is 0.842 bits per heavy atom. The molecule has 0 heterocycles. The summed E-state index contributed by atoms with van der Waals surface area (Å²) in [6.45, 7) is 11.4. The highest BCUT2D eigenvalue weighted by atomic mass is 19.2. The normalized spacial score (nSPS) is 17.9. The first kappa shape index (κ1) is 29.3. The van der Waals surface area contributed by atoms with Gasteiger partial charge >= 0.3 is 0 Å². The first-order chi connectivity index (χ1) is 18.3. The van der Waals surface area contributed by atoms with Crippen LogP contribution in [0.3, 0.4) is 0 Å². The average Bonchev–Trinajstić information content (AvgIpc) is 2.93. The molecule has 7 heteroatoms. The lowest BCUT2D eigenvalue weighted by atomic mass is 9.78. The monoisotopic (exact) mass is 532 g/mol. The second-order valence-electron chi connectivity index (χ2n) is 9.49. The Labute approximate surface area is 222 Å². The van der Waals surface area contributed by atoms with Crippen LogP contribution in [0.25, 0.3) is 11.1 Å². The SMILES string of the molecule is C=C(OCC)/C(F)=C(/F)C(=C)OCC1CCC(c2ccc(-c3ccc(OCCCC)cc3)c(F)c2F)CC1. The van der Waals surface area contributed by atoms with Gasteiger partial charge in [-0.3, -0.25) is 0 Å². The van der Waals surface area contributed by atoms with Gasteiger partial charge in [0.2, 0.25) is 11.7 Å². The van der Waals surface area contributed by atoms with Crippen LogP contribution >= 0.6 is 0 Å². The molecule has 2 aromatic carbocycles. The predicted octanol–water partition coefficient (Wildman–Crippen LogP) is 9.32. The van der Waals surface area contributed by atoms with Crippen LogP contribution in [0.1, 0.15) is 63.9 Å². The molecule has 2 aromatic rings. The van der Waals surface area contributed by atoms with Gasteiger partial charge in [-0.2, -0.15) is 8.78 Å². The van der Waals surface area contributed by atoms with Gasteiger partial charge in [0.15, 0.2) is 23.2 Å². The Hall–Kier alpha value is -3.22. The number of ether oxygens (including phenoxy) is 3. The summed E-state index contributed by atoms with van der Waals surface area (Å²) in [4.78, 5) is 0. The van der Waals surface area contributed by atoms with Crippen molar-refractivity contribution >= 4 is 0 Å². The smallest absolute Gasteiger partial charge is 0.203 e. The van der Waals surface area contributed by atoms with Crippen LogP contribution in [0.4, 0.5) is 17.6 Å². The molecule has 0 bridgehead atoms. The molecule has 0 atom stereocenters. The zero-order chi connectivity index (χ0) is 27.7. The van der Waals surface area contributed by atoms with Crippen LogP contribution in [0.2, 0.25) is 0 Å². The molecular formula is C31H36F4O3. The van der Waals surface area contributed by atoms with Crippen molar-refractivity contribution in [2.24, 2.45) is 5.92 Å². The van der Waals surface area contributed by atoms with Crippen LogP contribution in [0.5, 0.6) is 5.75 Å². The molecule has 3 nitrogen and oxygen atoms in total. The van der Waals surface area contributed by atoms with Gasteiger partial charge in [-0.15, -0.1) is 0 Å².